The van der Waals surface area contributed by atoms with Gasteiger partial charge >= 0.3 is 0 Å². The molecule has 0 heterocycles. The Bertz CT molecular complexity index is 133. The number of hydrogen-bond donors (Lipinski definition) is 0. The van der Waals surface area contributed by atoms with E-state index in [9.17, 15) is 0 Å². The molecule has 1 fully saturated rings. The zero-order valence-electron chi connectivity index (χ0n) is 9.55. The van der Waals surface area contributed by atoms with E-state index in [1.807, 2.05) is 0 Å². The van der Waals surface area contributed by atoms with Gasteiger partial charge in [0.25, 0.3) is 0 Å². The van der Waals surface area contributed by atoms with Crippen LogP contribution in [0, 0.1) is 0 Å². The van der Waals surface area contributed by atoms with E-state index in [2.05, 4.69) is 18.4 Å². The van der Waals surface area contributed by atoms with Crippen LogP contribution in [0.3, 0.4) is 0 Å². The van der Waals surface area contributed by atoms with Gasteiger partial charge in [0.05, 0.1) is 9.68 Å². The van der Waals surface area contributed by atoms with Crippen molar-refractivity contribution in [3.8, 4) is 0 Å². The van der Waals surface area contributed by atoms with Gasteiger partial charge < -0.3 is 4.57 Å². The Morgan fingerprint density at radius 3 is 2.46 bits per heavy atom. The Morgan fingerprint density at radius 2 is 2.00 bits per heavy atom. The number of rotatable bonds is 5. The molecular weight excluding hydrogens is 190 g/mol. The molecule has 0 aliphatic heterocycles. The summed E-state index contributed by atoms with van der Waals surface area (Å²) in [4.78, 5) is 0. The van der Waals surface area contributed by atoms with Crippen molar-refractivity contribution in [1.82, 2.24) is 4.57 Å². The van der Waals surface area contributed by atoms with Crippen LogP contribution in [0.1, 0.15) is 39.5 Å². The number of hydrogen-bond acceptors (Lipinski definition) is 1. The lowest BCUT2D eigenvalue weighted by molar-refractivity contribution is 0.282. The van der Waals surface area contributed by atoms with Gasteiger partial charge in [-0.2, -0.15) is 0 Å². The summed E-state index contributed by atoms with van der Waals surface area (Å²) >= 11 is 0. The van der Waals surface area contributed by atoms with Crippen molar-refractivity contribution in [1.29, 1.82) is 0 Å². The summed E-state index contributed by atoms with van der Waals surface area (Å²) in [5.41, 5.74) is 0. The molecule has 0 N–H and O–H groups in total. The molecule has 0 amide bonds. The molecule has 1 rings (SSSR count). The van der Waals surface area contributed by atoms with Gasteiger partial charge in [0.1, 0.15) is 0 Å². The van der Waals surface area contributed by atoms with Crippen LogP contribution in [0.5, 0.6) is 0 Å². The predicted octanol–water partition coefficient (Wildman–Crippen LogP) is 0.925. The molecule has 0 radical (unpaired) electrons. The van der Waals surface area contributed by atoms with Crippen LogP contribution in [0.25, 0.3) is 0 Å². The first-order chi connectivity index (χ1) is 6.25. The summed E-state index contributed by atoms with van der Waals surface area (Å²) in [5.74, 6) is 0. The molecule has 0 aromatic rings. The molecule has 0 bridgehead atoms. The van der Waals surface area contributed by atoms with Crippen LogP contribution in [0.4, 0.5) is 0 Å². The highest BCUT2D eigenvalue weighted by molar-refractivity contribution is 6.34. The quantitative estimate of drug-likeness (QED) is 0.617. The fourth-order valence-electron chi connectivity index (χ4n) is 2.44. The summed E-state index contributed by atoms with van der Waals surface area (Å²) in [6.07, 6.45) is 5.96. The molecule has 0 spiro atoms. The van der Waals surface area contributed by atoms with Crippen LogP contribution < -0.4 is 0 Å². The molecule has 0 unspecified atom stereocenters. The van der Waals surface area contributed by atoms with Gasteiger partial charge in [0, 0.05) is 16.3 Å². The van der Waals surface area contributed by atoms with Gasteiger partial charge in [0.15, 0.2) is 0 Å². The smallest absolute Gasteiger partial charge is 0.0953 e. The van der Waals surface area contributed by atoms with Crippen molar-refractivity contribution in [2.24, 2.45) is 0 Å². The zero-order valence-corrected chi connectivity index (χ0v) is 13.0. The van der Waals surface area contributed by atoms with E-state index in [1.165, 1.54) is 42.0 Å². The SMILES string of the molecule is CC(C)N([SiH2]CC[SiH3])C1CCCC1. The molecule has 13 heavy (non-hydrogen) atoms. The minimum absolute atomic E-state index is 0.116. The van der Waals surface area contributed by atoms with Crippen LogP contribution >= 0.6 is 0 Å². The Labute approximate surface area is 88.6 Å². The first-order valence-electron chi connectivity index (χ1n) is 6.01. The maximum absolute atomic E-state index is 2.88. The van der Waals surface area contributed by atoms with Crippen LogP contribution in [0.15, 0.2) is 0 Å². The van der Waals surface area contributed by atoms with Gasteiger partial charge in [-0.15, -0.1) is 0 Å². The molecule has 1 aliphatic carbocycles. The van der Waals surface area contributed by atoms with Gasteiger partial charge in [0.2, 0.25) is 0 Å². The lowest BCUT2D eigenvalue weighted by Gasteiger charge is -2.32. The second-order valence-corrected chi connectivity index (χ2v) is 7.51. The van der Waals surface area contributed by atoms with E-state index < -0.39 is 0 Å². The highest BCUT2D eigenvalue weighted by Gasteiger charge is 2.23. The van der Waals surface area contributed by atoms with Crippen molar-refractivity contribution in [2.75, 3.05) is 0 Å². The zero-order chi connectivity index (χ0) is 9.68. The average Bonchev–Trinajstić information content (AvgIpc) is 2.57. The summed E-state index contributed by atoms with van der Waals surface area (Å²) in [7, 11) is 1.53. The van der Waals surface area contributed by atoms with Gasteiger partial charge in [-0.3, -0.25) is 0 Å². The van der Waals surface area contributed by atoms with Gasteiger partial charge in [-0.05, 0) is 18.9 Å². The van der Waals surface area contributed by atoms with Crippen LogP contribution in [-0.2, 0) is 0 Å². The van der Waals surface area contributed by atoms with Crippen molar-refractivity contribution < 1.29 is 0 Å². The van der Waals surface area contributed by atoms with Crippen molar-refractivity contribution in [2.45, 2.75) is 63.7 Å². The maximum atomic E-state index is 2.88. The van der Waals surface area contributed by atoms with E-state index in [0.717, 1.165) is 12.1 Å². The predicted molar refractivity (Wildman–Crippen MR) is 67.3 cm³/mol. The Kier molecular flexibility index (Phi) is 5.28. The minimum atomic E-state index is 0.116. The second-order valence-electron chi connectivity index (χ2n) is 4.62. The normalized spacial score (nSPS) is 20.3. The monoisotopic (exact) mass is 215 g/mol. The maximum Gasteiger partial charge on any atom is 0.0953 e. The van der Waals surface area contributed by atoms with Crippen molar-refractivity contribution in [3.05, 3.63) is 0 Å². The van der Waals surface area contributed by atoms with Crippen LogP contribution in [-0.4, -0.2) is 36.6 Å². The molecule has 78 valence electrons. The number of nitrogens with zero attached hydrogens (tertiary/aromatic N) is 1. The molecule has 3 heteroatoms. The fraction of sp³-hybridized carbons (Fsp3) is 1.00. The molecule has 0 saturated heterocycles. The van der Waals surface area contributed by atoms with E-state index >= 15 is 0 Å². The Hall–Kier alpha value is 0.394. The third-order valence-corrected chi connectivity index (χ3v) is 8.13. The molecule has 0 atom stereocenters. The summed E-state index contributed by atoms with van der Waals surface area (Å²) < 4.78 is 2.88. The second kappa shape index (κ2) is 5.99. The average molecular weight is 215 g/mol. The van der Waals surface area contributed by atoms with Crippen molar-refractivity contribution in [3.63, 3.8) is 0 Å². The van der Waals surface area contributed by atoms with E-state index in [-0.39, 0.29) is 9.68 Å². The third-order valence-electron chi connectivity index (χ3n) is 3.23. The summed E-state index contributed by atoms with van der Waals surface area (Å²) in [6, 6.07) is 4.91. The first-order valence-corrected chi connectivity index (χ1v) is 9.06. The topological polar surface area (TPSA) is 3.24 Å². The summed E-state index contributed by atoms with van der Waals surface area (Å²) in [6.45, 7) is 4.77. The highest BCUT2D eigenvalue weighted by Crippen LogP contribution is 2.24. The lowest BCUT2D eigenvalue weighted by Crippen LogP contribution is -2.41. The van der Waals surface area contributed by atoms with Gasteiger partial charge in [-0.25, -0.2) is 0 Å². The molecule has 0 aromatic carbocycles. The van der Waals surface area contributed by atoms with E-state index in [1.54, 1.807) is 6.04 Å². The summed E-state index contributed by atoms with van der Waals surface area (Å²) in [5, 5.41) is 0. The third kappa shape index (κ3) is 3.56. The Balaban J connectivity index is 2.36. The highest BCUT2D eigenvalue weighted by atomic mass is 28.2. The first kappa shape index (κ1) is 11.5. The standard InChI is InChI=1S/C10H25NSi2/c1-9(2)11(13-8-7-12)10-5-3-4-6-10/h9-10H,3-8,13H2,1-2,12H3. The molecular formula is C10H25NSi2. The molecule has 1 nitrogen and oxygen atoms in total. The van der Waals surface area contributed by atoms with E-state index in [4.69, 9.17) is 0 Å². The van der Waals surface area contributed by atoms with E-state index in [0.29, 0.717) is 0 Å². The van der Waals surface area contributed by atoms with Crippen LogP contribution in [0.2, 0.25) is 12.1 Å². The van der Waals surface area contributed by atoms with Gasteiger partial charge in [-0.1, -0.05) is 38.8 Å². The van der Waals surface area contributed by atoms with Crippen molar-refractivity contribution >= 4 is 19.9 Å². The minimum Gasteiger partial charge on any atom is -0.324 e. The largest absolute Gasteiger partial charge is 0.324 e. The molecule has 0 aromatic heterocycles. The fourth-order valence-corrected chi connectivity index (χ4v) is 5.32. The molecule has 1 saturated carbocycles. The molecule has 1 aliphatic rings. The lowest BCUT2D eigenvalue weighted by atomic mass is 10.2. The Morgan fingerprint density at radius 1 is 1.38 bits per heavy atom.